The molecule has 1 aromatic heterocycles. The summed E-state index contributed by atoms with van der Waals surface area (Å²) in [5, 5.41) is 6.60. The van der Waals surface area contributed by atoms with Gasteiger partial charge in [0.25, 0.3) is 11.8 Å². The first-order valence-corrected chi connectivity index (χ1v) is 16.5. The van der Waals surface area contributed by atoms with E-state index in [1.165, 1.54) is 0 Å². The minimum absolute atomic E-state index is 0.0232. The second kappa shape index (κ2) is 12.6. The average Bonchev–Trinajstić information content (AvgIpc) is 3.43. The van der Waals surface area contributed by atoms with Gasteiger partial charge in [0.1, 0.15) is 40.2 Å². The Balaban J connectivity index is 1.32. The smallest absolute Gasteiger partial charge is 0.255 e. The van der Waals surface area contributed by atoms with Gasteiger partial charge >= 0.3 is 0 Å². The van der Waals surface area contributed by atoms with Crippen LogP contribution in [0.2, 0.25) is 0 Å². The van der Waals surface area contributed by atoms with Gasteiger partial charge in [0.05, 0.1) is 18.2 Å². The normalized spacial score (nSPS) is 17.6. The molecule has 3 fully saturated rings. The number of hydrogen-bond acceptors (Lipinski definition) is 6. The molecule has 0 atom stereocenters. The number of carbonyl (C=O) groups excluding carboxylic acids is 2. The van der Waals surface area contributed by atoms with Gasteiger partial charge in [0.15, 0.2) is 0 Å². The summed E-state index contributed by atoms with van der Waals surface area (Å²) in [6.07, 6.45) is 3.08. The lowest BCUT2D eigenvalue weighted by atomic mass is 9.50. The predicted octanol–water partition coefficient (Wildman–Crippen LogP) is 8.33. The zero-order valence-corrected chi connectivity index (χ0v) is 27.8. The standard InChI is InChI=1S/C39H37F2N3O5/c1-5-44(6-2)32-18-34-30(17-29(32)24-9-12-33(47-4)31(13-24)37(45)43-39-19-22(20-39)21-39)35(38(46)42-3)36(49-34)23-7-10-27(11-8-23)48-28-15-25(40)14-26(41)16-28/h7-18,22H,5-6,19-21H2,1-4H3,(H,42,46)(H,43,45). The van der Waals surface area contributed by atoms with Crippen molar-refractivity contribution in [1.82, 2.24) is 10.6 Å². The van der Waals surface area contributed by atoms with Crippen molar-refractivity contribution in [3.05, 3.63) is 95.6 Å². The number of carbonyl (C=O) groups is 2. The van der Waals surface area contributed by atoms with E-state index >= 15 is 0 Å². The van der Waals surface area contributed by atoms with Crippen molar-refractivity contribution in [3.8, 4) is 39.7 Å². The molecule has 0 unspecified atom stereocenters. The molecular formula is C39H37F2N3O5. The van der Waals surface area contributed by atoms with E-state index in [1.54, 1.807) is 38.4 Å². The molecule has 1 heterocycles. The van der Waals surface area contributed by atoms with E-state index in [0.717, 1.165) is 60.2 Å². The van der Waals surface area contributed by atoms with E-state index in [4.69, 9.17) is 13.9 Å². The van der Waals surface area contributed by atoms with Crippen molar-refractivity contribution in [2.75, 3.05) is 32.1 Å². The molecule has 2 amide bonds. The maximum absolute atomic E-state index is 13.7. The molecule has 8 nitrogen and oxygen atoms in total. The van der Waals surface area contributed by atoms with E-state index < -0.39 is 11.6 Å². The van der Waals surface area contributed by atoms with Crippen LogP contribution in [0.25, 0.3) is 33.4 Å². The summed E-state index contributed by atoms with van der Waals surface area (Å²) in [5.74, 6) is -0.0331. The SMILES string of the molecule is CCN(CC)c1cc2oc(-c3ccc(Oc4cc(F)cc(F)c4)cc3)c(C(=O)NC)c2cc1-c1ccc(OC)c(C(=O)NC23CC(C2)C3)c1. The Morgan fingerprint density at radius 2 is 1.55 bits per heavy atom. The molecule has 5 aromatic rings. The maximum Gasteiger partial charge on any atom is 0.255 e. The number of benzene rings is 4. The molecule has 4 aromatic carbocycles. The number of amides is 2. The highest BCUT2D eigenvalue weighted by atomic mass is 19.1. The van der Waals surface area contributed by atoms with Crippen LogP contribution in [-0.4, -0.2) is 44.6 Å². The Bertz CT molecular complexity index is 2050. The van der Waals surface area contributed by atoms with Crippen LogP contribution in [0.4, 0.5) is 14.5 Å². The molecule has 3 saturated carbocycles. The van der Waals surface area contributed by atoms with Gasteiger partial charge in [0.2, 0.25) is 0 Å². The molecule has 10 heteroatoms. The molecule has 2 N–H and O–H groups in total. The van der Waals surface area contributed by atoms with Crippen LogP contribution in [0.3, 0.4) is 0 Å². The molecule has 8 rings (SSSR count). The Morgan fingerprint density at radius 1 is 0.878 bits per heavy atom. The second-order valence-corrected chi connectivity index (χ2v) is 12.8. The van der Waals surface area contributed by atoms with Crippen LogP contribution < -0.4 is 25.0 Å². The molecule has 49 heavy (non-hydrogen) atoms. The van der Waals surface area contributed by atoms with Crippen LogP contribution in [0, 0.1) is 17.6 Å². The van der Waals surface area contributed by atoms with E-state index in [-0.39, 0.29) is 23.1 Å². The molecule has 0 spiro atoms. The third-order valence-electron chi connectivity index (χ3n) is 9.72. The highest BCUT2D eigenvalue weighted by molar-refractivity contribution is 6.13. The lowest BCUT2D eigenvalue weighted by molar-refractivity contribution is -0.0439. The van der Waals surface area contributed by atoms with Crippen molar-refractivity contribution in [3.63, 3.8) is 0 Å². The van der Waals surface area contributed by atoms with E-state index in [0.29, 0.717) is 58.0 Å². The van der Waals surface area contributed by atoms with Gasteiger partial charge in [-0.1, -0.05) is 6.07 Å². The first kappa shape index (κ1) is 32.2. The van der Waals surface area contributed by atoms with Crippen LogP contribution in [-0.2, 0) is 0 Å². The van der Waals surface area contributed by atoms with Crippen LogP contribution >= 0.6 is 0 Å². The maximum atomic E-state index is 13.7. The lowest BCUT2D eigenvalue weighted by Gasteiger charge is -2.61. The first-order chi connectivity index (χ1) is 23.6. The third-order valence-corrected chi connectivity index (χ3v) is 9.72. The number of nitrogens with one attached hydrogen (secondary N) is 2. The number of furan rings is 1. The number of anilines is 1. The summed E-state index contributed by atoms with van der Waals surface area (Å²) in [6, 6.07) is 19.2. The number of rotatable bonds is 11. The van der Waals surface area contributed by atoms with Crippen LogP contribution in [0.5, 0.6) is 17.2 Å². The number of fused-ring (bicyclic) bond motifs is 1. The Kier molecular flexibility index (Phi) is 8.26. The lowest BCUT2D eigenvalue weighted by Crippen LogP contribution is -2.68. The predicted molar refractivity (Wildman–Crippen MR) is 185 cm³/mol. The summed E-state index contributed by atoms with van der Waals surface area (Å²) in [4.78, 5) is 29.3. The fourth-order valence-electron chi connectivity index (χ4n) is 7.13. The monoisotopic (exact) mass is 665 g/mol. The fraction of sp³-hybridized carbons (Fsp3) is 0.282. The van der Waals surface area contributed by atoms with Gasteiger partial charge < -0.3 is 29.4 Å². The number of nitrogens with zero attached hydrogens (tertiary/aromatic N) is 1. The summed E-state index contributed by atoms with van der Waals surface area (Å²) in [6.45, 7) is 5.57. The minimum atomic E-state index is -0.744. The molecule has 0 saturated heterocycles. The van der Waals surface area contributed by atoms with Gasteiger partial charge in [0, 0.05) is 72.1 Å². The fourth-order valence-corrected chi connectivity index (χ4v) is 7.13. The van der Waals surface area contributed by atoms with Gasteiger partial charge in [-0.3, -0.25) is 9.59 Å². The van der Waals surface area contributed by atoms with Crippen LogP contribution in [0.15, 0.2) is 77.2 Å². The zero-order chi connectivity index (χ0) is 34.4. The molecule has 3 aliphatic rings. The third kappa shape index (κ3) is 5.85. The number of halogens is 2. The number of hydrogen-bond donors (Lipinski definition) is 2. The number of ether oxygens (including phenoxy) is 2. The number of methoxy groups -OCH3 is 1. The topological polar surface area (TPSA) is 93.0 Å². The van der Waals surface area contributed by atoms with Crippen molar-refractivity contribution in [2.45, 2.75) is 38.6 Å². The highest BCUT2D eigenvalue weighted by Crippen LogP contribution is 2.57. The van der Waals surface area contributed by atoms with E-state index in [9.17, 15) is 18.4 Å². The highest BCUT2D eigenvalue weighted by Gasteiger charge is 2.57. The Hall–Kier alpha value is -5.38. The van der Waals surface area contributed by atoms with Gasteiger partial charge in [-0.05, 0) is 87.1 Å². The molecular weight excluding hydrogens is 628 g/mol. The van der Waals surface area contributed by atoms with Crippen LogP contribution in [0.1, 0.15) is 53.8 Å². The molecule has 0 radical (unpaired) electrons. The largest absolute Gasteiger partial charge is 0.496 e. The molecule has 3 aliphatic carbocycles. The van der Waals surface area contributed by atoms with Crippen molar-refractivity contribution < 1.29 is 32.3 Å². The van der Waals surface area contributed by atoms with Gasteiger partial charge in [-0.25, -0.2) is 8.78 Å². The molecule has 2 bridgehead atoms. The van der Waals surface area contributed by atoms with Gasteiger partial charge in [-0.15, -0.1) is 0 Å². The summed E-state index contributed by atoms with van der Waals surface area (Å²) in [5.41, 5.74) is 4.36. The van der Waals surface area contributed by atoms with Crippen molar-refractivity contribution in [1.29, 1.82) is 0 Å². The minimum Gasteiger partial charge on any atom is -0.496 e. The summed E-state index contributed by atoms with van der Waals surface area (Å²) in [7, 11) is 3.12. The Morgan fingerprint density at radius 3 is 2.14 bits per heavy atom. The molecule has 0 aliphatic heterocycles. The summed E-state index contributed by atoms with van der Waals surface area (Å²) >= 11 is 0. The second-order valence-electron chi connectivity index (χ2n) is 12.8. The zero-order valence-electron chi connectivity index (χ0n) is 27.8. The quantitative estimate of drug-likeness (QED) is 0.147. The van der Waals surface area contributed by atoms with E-state index in [1.807, 2.05) is 30.3 Å². The van der Waals surface area contributed by atoms with Crippen molar-refractivity contribution >= 4 is 28.5 Å². The van der Waals surface area contributed by atoms with Gasteiger partial charge in [-0.2, -0.15) is 0 Å². The Labute approximate surface area is 283 Å². The first-order valence-electron chi connectivity index (χ1n) is 16.5. The molecule has 252 valence electrons. The summed E-state index contributed by atoms with van der Waals surface area (Å²) < 4.78 is 45.1. The van der Waals surface area contributed by atoms with E-state index in [2.05, 4.69) is 29.4 Å². The van der Waals surface area contributed by atoms with Crippen molar-refractivity contribution in [2.24, 2.45) is 5.92 Å². The average molecular weight is 666 g/mol.